The van der Waals surface area contributed by atoms with E-state index in [-0.39, 0.29) is 12.1 Å². The van der Waals surface area contributed by atoms with Crippen LogP contribution in [0.2, 0.25) is 0 Å². The zero-order chi connectivity index (χ0) is 17.7. The molecule has 0 spiro atoms. The van der Waals surface area contributed by atoms with Gasteiger partial charge in [-0.25, -0.2) is 0 Å². The number of carbonyl (C=O) groups is 2. The lowest BCUT2D eigenvalue weighted by atomic mass is 10.1. The lowest BCUT2D eigenvalue weighted by Gasteiger charge is -2.21. The summed E-state index contributed by atoms with van der Waals surface area (Å²) in [6, 6.07) is 12.4. The summed E-state index contributed by atoms with van der Waals surface area (Å²) < 4.78 is 37.7. The number of hydrogen-bond acceptors (Lipinski definition) is 2. The topological polar surface area (TPSA) is 57.6 Å². The van der Waals surface area contributed by atoms with E-state index >= 15 is 0 Å². The Bertz CT molecular complexity index is 712. The fourth-order valence-corrected chi connectivity index (χ4v) is 2.15. The van der Waals surface area contributed by atoms with Crippen LogP contribution < -0.4 is 0 Å². The smallest absolute Gasteiger partial charge is 0.416 e. The van der Waals surface area contributed by atoms with Gasteiger partial charge in [0.05, 0.1) is 5.56 Å². The molecule has 1 N–H and O–H groups in total. The summed E-state index contributed by atoms with van der Waals surface area (Å²) in [5, 5.41) is 8.97. The molecule has 0 aliphatic carbocycles. The lowest BCUT2D eigenvalue weighted by molar-refractivity contribution is -0.138. The summed E-state index contributed by atoms with van der Waals surface area (Å²) in [5.41, 5.74) is -0.147. The fourth-order valence-electron chi connectivity index (χ4n) is 2.15. The molecule has 4 nitrogen and oxygen atoms in total. The number of hydrogen-bond donors (Lipinski definition) is 1. The monoisotopic (exact) mass is 337 g/mol. The third-order valence-electron chi connectivity index (χ3n) is 3.29. The Morgan fingerprint density at radius 2 is 1.54 bits per heavy atom. The highest BCUT2D eigenvalue weighted by Crippen LogP contribution is 2.29. The average molecular weight is 337 g/mol. The number of nitrogens with zero attached hydrogens (tertiary/aromatic N) is 1. The van der Waals surface area contributed by atoms with Gasteiger partial charge in [0.1, 0.15) is 6.54 Å². The lowest BCUT2D eigenvalue weighted by Crippen LogP contribution is -2.35. The Morgan fingerprint density at radius 1 is 0.958 bits per heavy atom. The predicted molar refractivity (Wildman–Crippen MR) is 80.3 cm³/mol. The molecule has 0 heterocycles. The summed E-state index contributed by atoms with van der Waals surface area (Å²) in [6.07, 6.45) is -4.49. The van der Waals surface area contributed by atoms with E-state index in [4.69, 9.17) is 5.11 Å². The van der Waals surface area contributed by atoms with Crippen LogP contribution in [0.4, 0.5) is 13.2 Å². The molecule has 0 aromatic heterocycles. The van der Waals surface area contributed by atoms with Gasteiger partial charge in [0, 0.05) is 12.1 Å². The fraction of sp³-hybridized carbons (Fsp3) is 0.176. The van der Waals surface area contributed by atoms with Gasteiger partial charge in [-0.3, -0.25) is 9.59 Å². The standard InChI is InChI=1S/C17H14F3NO3/c18-17(19,20)14-8-6-13(7-9-14)16(24)21(11-15(22)23)10-12-4-2-1-3-5-12/h1-9H,10-11H2,(H,22,23). The molecule has 7 heteroatoms. The van der Waals surface area contributed by atoms with Crippen molar-refractivity contribution in [2.45, 2.75) is 12.7 Å². The Kier molecular flexibility index (Phi) is 5.23. The molecule has 0 fully saturated rings. The van der Waals surface area contributed by atoms with Crippen molar-refractivity contribution in [3.63, 3.8) is 0 Å². The first-order valence-electron chi connectivity index (χ1n) is 6.99. The molecule has 2 rings (SSSR count). The van der Waals surface area contributed by atoms with E-state index in [2.05, 4.69) is 0 Å². The largest absolute Gasteiger partial charge is 0.480 e. The van der Waals surface area contributed by atoms with Crippen LogP contribution in [-0.2, 0) is 17.5 Å². The molecule has 0 saturated carbocycles. The maximum atomic E-state index is 12.6. The summed E-state index contributed by atoms with van der Waals surface area (Å²) in [4.78, 5) is 24.5. The Morgan fingerprint density at radius 3 is 2.04 bits per heavy atom. The third-order valence-corrected chi connectivity index (χ3v) is 3.29. The molecular formula is C17H14F3NO3. The molecule has 0 unspecified atom stereocenters. The highest BCUT2D eigenvalue weighted by Gasteiger charge is 2.30. The SMILES string of the molecule is O=C(O)CN(Cc1ccccc1)C(=O)c1ccc(C(F)(F)F)cc1. The Labute approximate surface area is 136 Å². The van der Waals surface area contributed by atoms with Gasteiger partial charge in [-0.2, -0.15) is 13.2 Å². The highest BCUT2D eigenvalue weighted by atomic mass is 19.4. The third kappa shape index (κ3) is 4.58. The second kappa shape index (κ2) is 7.16. The summed E-state index contributed by atoms with van der Waals surface area (Å²) in [5.74, 6) is -1.85. The first kappa shape index (κ1) is 17.5. The molecule has 0 saturated heterocycles. The van der Waals surface area contributed by atoms with Crippen LogP contribution in [0, 0.1) is 0 Å². The molecule has 24 heavy (non-hydrogen) atoms. The van der Waals surface area contributed by atoms with Crippen molar-refractivity contribution in [3.8, 4) is 0 Å². The van der Waals surface area contributed by atoms with Crippen molar-refractivity contribution in [1.29, 1.82) is 0 Å². The summed E-state index contributed by atoms with van der Waals surface area (Å²) in [6.45, 7) is -0.498. The first-order valence-corrected chi connectivity index (χ1v) is 6.99. The first-order chi connectivity index (χ1) is 11.3. The van der Waals surface area contributed by atoms with E-state index in [0.29, 0.717) is 0 Å². The summed E-state index contributed by atoms with van der Waals surface area (Å²) in [7, 11) is 0. The minimum atomic E-state index is -4.49. The second-order valence-corrected chi connectivity index (χ2v) is 5.12. The molecule has 2 aromatic carbocycles. The van der Waals surface area contributed by atoms with Gasteiger partial charge in [0.25, 0.3) is 5.91 Å². The predicted octanol–water partition coefficient (Wildman–Crippen LogP) is 3.43. The van der Waals surface area contributed by atoms with Crippen LogP contribution in [0.3, 0.4) is 0 Å². The van der Waals surface area contributed by atoms with Crippen molar-refractivity contribution in [1.82, 2.24) is 4.90 Å². The van der Waals surface area contributed by atoms with E-state index in [1.54, 1.807) is 30.3 Å². The number of rotatable bonds is 5. The normalized spacial score (nSPS) is 11.1. The maximum Gasteiger partial charge on any atom is 0.416 e. The van der Waals surface area contributed by atoms with Crippen LogP contribution in [0.15, 0.2) is 54.6 Å². The van der Waals surface area contributed by atoms with Crippen LogP contribution in [0.25, 0.3) is 0 Å². The van der Waals surface area contributed by atoms with E-state index in [1.165, 1.54) is 0 Å². The van der Waals surface area contributed by atoms with E-state index in [0.717, 1.165) is 34.7 Å². The molecule has 1 amide bonds. The second-order valence-electron chi connectivity index (χ2n) is 5.12. The number of carboxylic acids is 1. The van der Waals surface area contributed by atoms with Gasteiger partial charge in [0.15, 0.2) is 0 Å². The zero-order valence-corrected chi connectivity index (χ0v) is 12.5. The number of benzene rings is 2. The number of carbonyl (C=O) groups excluding carboxylic acids is 1. The van der Waals surface area contributed by atoms with Crippen molar-refractivity contribution in [2.24, 2.45) is 0 Å². The van der Waals surface area contributed by atoms with Crippen molar-refractivity contribution < 1.29 is 27.9 Å². The number of amides is 1. The van der Waals surface area contributed by atoms with Crippen LogP contribution in [0.1, 0.15) is 21.5 Å². The summed E-state index contributed by atoms with van der Waals surface area (Å²) >= 11 is 0. The van der Waals surface area contributed by atoms with E-state index in [9.17, 15) is 22.8 Å². The Balaban J connectivity index is 2.22. The molecule has 0 bridgehead atoms. The van der Waals surface area contributed by atoms with Gasteiger partial charge < -0.3 is 10.0 Å². The molecule has 126 valence electrons. The van der Waals surface area contributed by atoms with Gasteiger partial charge in [-0.1, -0.05) is 30.3 Å². The molecule has 0 aliphatic rings. The quantitative estimate of drug-likeness (QED) is 0.909. The number of aliphatic carboxylic acids is 1. The molecule has 0 radical (unpaired) electrons. The minimum Gasteiger partial charge on any atom is -0.480 e. The average Bonchev–Trinajstić information content (AvgIpc) is 2.53. The van der Waals surface area contributed by atoms with Gasteiger partial charge in [-0.15, -0.1) is 0 Å². The van der Waals surface area contributed by atoms with Crippen LogP contribution in [-0.4, -0.2) is 28.4 Å². The number of alkyl halides is 3. The van der Waals surface area contributed by atoms with Crippen LogP contribution in [0.5, 0.6) is 0 Å². The van der Waals surface area contributed by atoms with E-state index < -0.39 is 30.2 Å². The Hall–Kier alpha value is -2.83. The van der Waals surface area contributed by atoms with Crippen molar-refractivity contribution in [3.05, 3.63) is 71.3 Å². The number of carboxylic acid groups (broad SMARTS) is 1. The molecule has 0 atom stereocenters. The number of halogens is 3. The maximum absolute atomic E-state index is 12.6. The van der Waals surface area contributed by atoms with Crippen molar-refractivity contribution in [2.75, 3.05) is 6.54 Å². The van der Waals surface area contributed by atoms with E-state index in [1.807, 2.05) is 0 Å². The van der Waals surface area contributed by atoms with Crippen molar-refractivity contribution >= 4 is 11.9 Å². The highest BCUT2D eigenvalue weighted by molar-refractivity contribution is 5.95. The van der Waals surface area contributed by atoms with Gasteiger partial charge >= 0.3 is 12.1 Å². The van der Waals surface area contributed by atoms with Gasteiger partial charge in [0.2, 0.25) is 0 Å². The molecule has 0 aliphatic heterocycles. The van der Waals surface area contributed by atoms with Gasteiger partial charge in [-0.05, 0) is 29.8 Å². The molecular weight excluding hydrogens is 323 g/mol. The minimum absolute atomic E-state index is 0.000168. The van der Waals surface area contributed by atoms with Crippen LogP contribution >= 0.6 is 0 Å². The zero-order valence-electron chi connectivity index (χ0n) is 12.5. The molecule has 2 aromatic rings.